The fraction of sp³-hybridized carbons (Fsp3) is 1.00. The van der Waals surface area contributed by atoms with Gasteiger partial charge >= 0.3 is 0 Å². The van der Waals surface area contributed by atoms with Crippen LogP contribution in [0.2, 0.25) is 0 Å². The van der Waals surface area contributed by atoms with Gasteiger partial charge in [-0.1, -0.05) is 0 Å². The van der Waals surface area contributed by atoms with Gasteiger partial charge in [0, 0.05) is 10.8 Å². The molecule has 2 fully saturated rings. The SMILES string of the molecule is ClC1CCC([I+]C2CCC(Cl)CC2)CC1. The fourth-order valence-electron chi connectivity index (χ4n) is 2.53. The maximum Gasteiger partial charge on any atom is 0.275 e. The highest BCUT2D eigenvalue weighted by Crippen LogP contribution is 2.22. The molecule has 0 heterocycles. The maximum absolute atomic E-state index is 6.14. The fourth-order valence-corrected chi connectivity index (χ4v) is 7.35. The molecule has 2 aliphatic carbocycles. The van der Waals surface area contributed by atoms with Crippen LogP contribution in [0.5, 0.6) is 0 Å². The third-order valence-electron chi connectivity index (χ3n) is 3.53. The largest absolute Gasteiger partial charge is 0.275 e. The molecule has 15 heavy (non-hydrogen) atoms. The average molecular weight is 362 g/mol. The third kappa shape index (κ3) is 4.23. The van der Waals surface area contributed by atoms with Gasteiger partial charge in [0.15, 0.2) is 7.85 Å². The van der Waals surface area contributed by atoms with E-state index in [1.807, 2.05) is 0 Å². The Morgan fingerprint density at radius 3 is 1.27 bits per heavy atom. The Hall–Kier alpha value is 1.31. The molecule has 3 heteroatoms. The summed E-state index contributed by atoms with van der Waals surface area (Å²) in [5.74, 6) is 0. The molecule has 2 rings (SSSR count). The van der Waals surface area contributed by atoms with Gasteiger partial charge in [0.1, 0.15) is 0 Å². The van der Waals surface area contributed by atoms with E-state index < -0.39 is 0 Å². The van der Waals surface area contributed by atoms with Gasteiger partial charge in [0.05, 0.1) is 0 Å². The monoisotopic (exact) mass is 361 g/mol. The van der Waals surface area contributed by atoms with Gasteiger partial charge < -0.3 is 0 Å². The van der Waals surface area contributed by atoms with E-state index in [1.54, 1.807) is 0 Å². The van der Waals surface area contributed by atoms with E-state index >= 15 is 0 Å². The van der Waals surface area contributed by atoms with Gasteiger partial charge in [0.2, 0.25) is 0 Å². The highest BCUT2D eigenvalue weighted by molar-refractivity contribution is 6.20. The summed E-state index contributed by atoms with van der Waals surface area (Å²) in [7, 11) is 0. The summed E-state index contributed by atoms with van der Waals surface area (Å²) >= 11 is 12.7. The van der Waals surface area contributed by atoms with Crippen molar-refractivity contribution in [2.45, 2.75) is 70.0 Å². The summed E-state index contributed by atoms with van der Waals surface area (Å²) in [5, 5.41) is 0.979. The lowest BCUT2D eigenvalue weighted by Crippen LogP contribution is -3.68. The van der Waals surface area contributed by atoms with Crippen molar-refractivity contribution < 1.29 is 21.2 Å². The molecule has 0 aliphatic heterocycles. The molecule has 0 N–H and O–H groups in total. The van der Waals surface area contributed by atoms with Gasteiger partial charge in [-0.25, -0.2) is 0 Å². The van der Waals surface area contributed by atoms with Crippen molar-refractivity contribution in [2.75, 3.05) is 0 Å². The van der Waals surface area contributed by atoms with Gasteiger partial charge in [-0.3, -0.25) is 0 Å². The van der Waals surface area contributed by atoms with Crippen molar-refractivity contribution in [3.63, 3.8) is 0 Å². The second-order valence-corrected chi connectivity index (χ2v) is 10.3. The van der Waals surface area contributed by atoms with Crippen LogP contribution >= 0.6 is 23.2 Å². The van der Waals surface area contributed by atoms with Crippen LogP contribution in [0.25, 0.3) is 0 Å². The molecule has 2 aliphatic rings. The quantitative estimate of drug-likeness (QED) is 0.511. The van der Waals surface area contributed by atoms with E-state index in [2.05, 4.69) is 0 Å². The van der Waals surface area contributed by atoms with Crippen LogP contribution in [0.15, 0.2) is 0 Å². The second kappa shape index (κ2) is 6.30. The standard InChI is InChI=1S/C12H20Cl2I/c13-9-1-5-11(6-2-9)15-12-7-3-10(14)4-8-12/h9-12H,1-8H2/q+1. The second-order valence-electron chi connectivity index (χ2n) is 4.82. The first-order valence-corrected chi connectivity index (χ1v) is 9.50. The highest BCUT2D eigenvalue weighted by Gasteiger charge is 2.36. The lowest BCUT2D eigenvalue weighted by Gasteiger charge is -2.22. The predicted molar refractivity (Wildman–Crippen MR) is 63.8 cm³/mol. The lowest BCUT2D eigenvalue weighted by molar-refractivity contribution is -0.725. The van der Waals surface area contributed by atoms with Crippen LogP contribution in [0.4, 0.5) is 0 Å². The molecule has 88 valence electrons. The zero-order valence-electron chi connectivity index (χ0n) is 9.10. The smallest absolute Gasteiger partial charge is 0.123 e. The number of hydrogen-bond acceptors (Lipinski definition) is 0. The van der Waals surface area contributed by atoms with Gasteiger partial charge in [-0.05, 0) is 51.4 Å². The summed E-state index contributed by atoms with van der Waals surface area (Å²) in [4.78, 5) is 0. The molecule has 2 saturated carbocycles. The number of hydrogen-bond donors (Lipinski definition) is 0. The minimum Gasteiger partial charge on any atom is -0.123 e. The Labute approximate surface area is 114 Å². The molecule has 0 aromatic rings. The zero-order valence-corrected chi connectivity index (χ0v) is 12.8. The van der Waals surface area contributed by atoms with E-state index in [1.165, 1.54) is 51.4 Å². The third-order valence-corrected chi connectivity index (χ3v) is 8.93. The normalized spacial score (nSPS) is 42.8. The molecule has 0 aromatic carbocycles. The van der Waals surface area contributed by atoms with Crippen molar-refractivity contribution in [1.82, 2.24) is 0 Å². The van der Waals surface area contributed by atoms with E-state index in [0.717, 1.165) is 7.85 Å². The Morgan fingerprint density at radius 1 is 0.600 bits per heavy atom. The van der Waals surface area contributed by atoms with Crippen LogP contribution in [0, 0.1) is 0 Å². The van der Waals surface area contributed by atoms with Crippen LogP contribution in [-0.4, -0.2) is 18.6 Å². The van der Waals surface area contributed by atoms with Gasteiger partial charge in [-0.2, -0.15) is 0 Å². The molecular formula is C12H20Cl2I+. The first kappa shape index (κ1) is 12.8. The van der Waals surface area contributed by atoms with Crippen molar-refractivity contribution >= 4 is 23.2 Å². The van der Waals surface area contributed by atoms with Crippen molar-refractivity contribution in [3.8, 4) is 0 Å². The lowest BCUT2D eigenvalue weighted by atomic mass is 10.0. The van der Waals surface area contributed by atoms with Crippen molar-refractivity contribution in [1.29, 1.82) is 0 Å². The molecule has 0 bridgehead atoms. The summed E-state index contributed by atoms with van der Waals surface area (Å²) < 4.78 is 2.16. The molecule has 0 radical (unpaired) electrons. The van der Waals surface area contributed by atoms with Crippen LogP contribution in [0.3, 0.4) is 0 Å². The number of halogens is 3. The Morgan fingerprint density at radius 2 is 0.933 bits per heavy atom. The van der Waals surface area contributed by atoms with E-state index in [-0.39, 0.29) is 0 Å². The number of rotatable bonds is 2. The molecule has 0 unspecified atom stereocenters. The van der Waals surface area contributed by atoms with Crippen LogP contribution in [-0.2, 0) is 0 Å². The van der Waals surface area contributed by atoms with Crippen LogP contribution < -0.4 is 21.2 Å². The molecule has 0 amide bonds. The zero-order chi connectivity index (χ0) is 10.7. The Bertz CT molecular complexity index is 162. The molecule has 0 spiro atoms. The molecule has 0 saturated heterocycles. The summed E-state index contributed by atoms with van der Waals surface area (Å²) in [6.45, 7) is 0. The van der Waals surface area contributed by atoms with E-state index in [4.69, 9.17) is 23.2 Å². The van der Waals surface area contributed by atoms with Crippen LogP contribution in [0.1, 0.15) is 51.4 Å². The molecular weight excluding hydrogens is 342 g/mol. The highest BCUT2D eigenvalue weighted by atomic mass is 127. The predicted octanol–water partition coefficient (Wildman–Crippen LogP) is 1.18. The maximum atomic E-state index is 6.14. The topological polar surface area (TPSA) is 0 Å². The minimum atomic E-state index is 0.426. The Balaban J connectivity index is 1.68. The first-order valence-electron chi connectivity index (χ1n) is 6.14. The number of alkyl halides is 4. The van der Waals surface area contributed by atoms with Crippen molar-refractivity contribution in [2.24, 2.45) is 0 Å². The summed E-state index contributed by atoms with van der Waals surface area (Å²) in [6.07, 6.45) is 10.8. The van der Waals surface area contributed by atoms with E-state index in [0.29, 0.717) is 32.0 Å². The minimum absolute atomic E-state index is 0.426. The molecule has 0 atom stereocenters. The summed E-state index contributed by atoms with van der Waals surface area (Å²) in [5.41, 5.74) is 0. The first-order chi connectivity index (χ1) is 7.24. The van der Waals surface area contributed by atoms with Gasteiger partial charge in [0.25, 0.3) is 21.2 Å². The Kier molecular flexibility index (Phi) is 5.36. The summed E-state index contributed by atoms with van der Waals surface area (Å²) in [6, 6.07) is 0. The van der Waals surface area contributed by atoms with Crippen molar-refractivity contribution in [3.05, 3.63) is 0 Å². The molecule has 0 nitrogen and oxygen atoms in total. The van der Waals surface area contributed by atoms with Gasteiger partial charge in [-0.15, -0.1) is 23.2 Å². The molecule has 0 aromatic heterocycles. The average Bonchev–Trinajstić information content (AvgIpc) is 2.25. The van der Waals surface area contributed by atoms with E-state index in [9.17, 15) is 0 Å².